The zero-order valence-electron chi connectivity index (χ0n) is 11.9. The van der Waals surface area contributed by atoms with E-state index in [4.69, 9.17) is 10.7 Å². The molecule has 2 rings (SSSR count). The molecule has 1 aliphatic rings. The lowest BCUT2D eigenvalue weighted by molar-refractivity contribution is 0.209. The van der Waals surface area contributed by atoms with E-state index in [0.29, 0.717) is 6.04 Å². The molecule has 4 nitrogen and oxygen atoms in total. The second-order valence-electron chi connectivity index (χ2n) is 5.47. The van der Waals surface area contributed by atoms with Gasteiger partial charge in [-0.25, -0.2) is 8.42 Å². The van der Waals surface area contributed by atoms with E-state index in [0.717, 1.165) is 37.4 Å². The highest BCUT2D eigenvalue weighted by atomic mass is 35.7. The van der Waals surface area contributed by atoms with Crippen LogP contribution in [-0.2, 0) is 14.8 Å². The van der Waals surface area contributed by atoms with Crippen LogP contribution in [0.2, 0.25) is 0 Å². The van der Waals surface area contributed by atoms with Gasteiger partial charge in [0.1, 0.15) is 0 Å². The second-order valence-corrected chi connectivity index (χ2v) is 8.24. The van der Waals surface area contributed by atoms with Crippen molar-refractivity contribution >= 4 is 25.4 Å². The monoisotopic (exact) mass is 316 g/mol. The third-order valence-corrected chi connectivity index (χ3v) is 4.69. The van der Waals surface area contributed by atoms with Crippen molar-refractivity contribution in [2.45, 2.75) is 25.6 Å². The van der Waals surface area contributed by atoms with Gasteiger partial charge in [-0.2, -0.15) is 0 Å². The fourth-order valence-corrected chi connectivity index (χ4v) is 3.47. The second kappa shape index (κ2) is 6.33. The molecular formula is C14H21ClN2O2S. The summed E-state index contributed by atoms with van der Waals surface area (Å²) in [7, 11) is 1.78. The van der Waals surface area contributed by atoms with Crippen LogP contribution in [0.4, 0.5) is 5.69 Å². The van der Waals surface area contributed by atoms with Gasteiger partial charge >= 0.3 is 0 Å². The van der Waals surface area contributed by atoms with Crippen molar-refractivity contribution in [1.29, 1.82) is 0 Å². The van der Waals surface area contributed by atoms with Gasteiger partial charge < -0.3 is 4.90 Å². The van der Waals surface area contributed by atoms with Crippen LogP contribution >= 0.6 is 10.7 Å². The maximum absolute atomic E-state index is 11.0. The van der Waals surface area contributed by atoms with E-state index in [-0.39, 0.29) is 5.75 Å². The summed E-state index contributed by atoms with van der Waals surface area (Å²) in [4.78, 5) is 4.79. The van der Waals surface area contributed by atoms with Gasteiger partial charge in [-0.05, 0) is 31.5 Å². The lowest BCUT2D eigenvalue weighted by atomic mass is 10.2. The number of rotatable bonds is 4. The normalized spacial score (nSPS) is 17.7. The Hall–Kier alpha value is -0.780. The van der Waals surface area contributed by atoms with Crippen LogP contribution in [0.3, 0.4) is 0 Å². The summed E-state index contributed by atoms with van der Waals surface area (Å²) in [6.45, 7) is 8.58. The molecule has 0 N–H and O–H groups in total. The molecule has 1 saturated heterocycles. The summed E-state index contributed by atoms with van der Waals surface area (Å²) in [5.74, 6) is -0.115. The van der Waals surface area contributed by atoms with Crippen molar-refractivity contribution in [3.8, 4) is 0 Å². The van der Waals surface area contributed by atoms with Gasteiger partial charge in [0.25, 0.3) is 0 Å². The molecule has 0 radical (unpaired) electrons. The van der Waals surface area contributed by atoms with E-state index in [1.54, 1.807) is 0 Å². The molecule has 0 spiro atoms. The van der Waals surface area contributed by atoms with Gasteiger partial charge in [-0.15, -0.1) is 0 Å². The molecule has 0 bridgehead atoms. The van der Waals surface area contributed by atoms with Crippen molar-refractivity contribution in [3.05, 3.63) is 29.8 Å². The zero-order valence-corrected chi connectivity index (χ0v) is 13.5. The number of hydrogen-bond acceptors (Lipinski definition) is 4. The molecule has 0 aliphatic carbocycles. The Kier molecular flexibility index (Phi) is 4.94. The largest absolute Gasteiger partial charge is 0.369 e. The summed E-state index contributed by atoms with van der Waals surface area (Å²) in [5.41, 5.74) is 1.87. The first-order valence-corrected chi connectivity index (χ1v) is 9.33. The van der Waals surface area contributed by atoms with Gasteiger partial charge in [0.05, 0.1) is 5.75 Å². The first-order chi connectivity index (χ1) is 9.35. The lowest BCUT2D eigenvalue weighted by Crippen LogP contribution is -2.48. The van der Waals surface area contributed by atoms with Crippen LogP contribution in [0.25, 0.3) is 0 Å². The fraction of sp³-hybridized carbons (Fsp3) is 0.571. The Balaban J connectivity index is 1.98. The van der Waals surface area contributed by atoms with Crippen LogP contribution in [-0.4, -0.2) is 45.5 Å². The number of piperazine rings is 1. The Labute approximate surface area is 125 Å². The minimum Gasteiger partial charge on any atom is -0.369 e. The first-order valence-electron chi connectivity index (χ1n) is 6.85. The van der Waals surface area contributed by atoms with Crippen molar-refractivity contribution in [3.63, 3.8) is 0 Å². The highest BCUT2D eigenvalue weighted by Crippen LogP contribution is 2.19. The molecule has 6 heteroatoms. The standard InChI is InChI=1S/C14H21ClN2O2S/c1-12(2)16-7-9-17(10-8-16)14-5-3-13(4-6-14)11-20(15,18)19/h3-6,12H,7-11H2,1-2H3. The van der Waals surface area contributed by atoms with E-state index in [1.165, 1.54) is 0 Å². The molecule has 1 fully saturated rings. The highest BCUT2D eigenvalue weighted by Gasteiger charge is 2.19. The van der Waals surface area contributed by atoms with Crippen molar-refractivity contribution in [2.24, 2.45) is 0 Å². The van der Waals surface area contributed by atoms with Crippen molar-refractivity contribution in [1.82, 2.24) is 4.90 Å². The number of benzene rings is 1. The molecule has 1 aliphatic heterocycles. The minimum atomic E-state index is -3.48. The van der Waals surface area contributed by atoms with Gasteiger partial charge in [0.15, 0.2) is 0 Å². The molecule has 1 heterocycles. The van der Waals surface area contributed by atoms with Crippen LogP contribution in [0.5, 0.6) is 0 Å². The Morgan fingerprint density at radius 3 is 2.10 bits per heavy atom. The predicted octanol–water partition coefficient (Wildman–Crippen LogP) is 2.29. The summed E-state index contributed by atoms with van der Waals surface area (Å²) in [5, 5.41) is 0. The maximum atomic E-state index is 11.0. The quantitative estimate of drug-likeness (QED) is 0.799. The number of nitrogens with zero attached hydrogens (tertiary/aromatic N) is 2. The fourth-order valence-electron chi connectivity index (χ4n) is 2.50. The molecule has 20 heavy (non-hydrogen) atoms. The predicted molar refractivity (Wildman–Crippen MR) is 83.8 cm³/mol. The molecule has 0 unspecified atom stereocenters. The summed E-state index contributed by atoms with van der Waals surface area (Å²) in [6, 6.07) is 8.22. The summed E-state index contributed by atoms with van der Waals surface area (Å²) < 4.78 is 22.1. The summed E-state index contributed by atoms with van der Waals surface area (Å²) in [6.07, 6.45) is 0. The first kappa shape index (κ1) is 15.6. The van der Waals surface area contributed by atoms with Crippen LogP contribution in [0.1, 0.15) is 19.4 Å². The van der Waals surface area contributed by atoms with Crippen LogP contribution < -0.4 is 4.90 Å². The van der Waals surface area contributed by atoms with Gasteiger partial charge in [0, 0.05) is 48.6 Å². The molecule has 1 aromatic rings. The van der Waals surface area contributed by atoms with E-state index in [9.17, 15) is 8.42 Å². The average molecular weight is 317 g/mol. The molecule has 0 amide bonds. The van der Waals surface area contributed by atoms with Gasteiger partial charge in [0.2, 0.25) is 9.05 Å². The molecule has 0 atom stereocenters. The molecule has 112 valence electrons. The molecule has 1 aromatic carbocycles. The highest BCUT2D eigenvalue weighted by molar-refractivity contribution is 8.13. The topological polar surface area (TPSA) is 40.6 Å². The summed E-state index contributed by atoms with van der Waals surface area (Å²) >= 11 is 0. The van der Waals surface area contributed by atoms with Gasteiger partial charge in [-0.3, -0.25) is 4.90 Å². The van der Waals surface area contributed by atoms with E-state index in [1.807, 2.05) is 24.3 Å². The SMILES string of the molecule is CC(C)N1CCN(c2ccc(CS(=O)(=O)Cl)cc2)CC1. The third-order valence-electron chi connectivity index (χ3n) is 3.69. The van der Waals surface area contributed by atoms with E-state index < -0.39 is 9.05 Å². The Morgan fingerprint density at radius 2 is 1.65 bits per heavy atom. The number of halogens is 1. The van der Waals surface area contributed by atoms with Crippen molar-refractivity contribution < 1.29 is 8.42 Å². The molecular weight excluding hydrogens is 296 g/mol. The Morgan fingerprint density at radius 1 is 1.10 bits per heavy atom. The zero-order chi connectivity index (χ0) is 14.8. The van der Waals surface area contributed by atoms with E-state index in [2.05, 4.69) is 23.6 Å². The van der Waals surface area contributed by atoms with Crippen molar-refractivity contribution in [2.75, 3.05) is 31.1 Å². The molecule has 0 aromatic heterocycles. The lowest BCUT2D eigenvalue weighted by Gasteiger charge is -2.38. The van der Waals surface area contributed by atoms with Crippen LogP contribution in [0.15, 0.2) is 24.3 Å². The number of hydrogen-bond donors (Lipinski definition) is 0. The number of anilines is 1. The average Bonchev–Trinajstić information content (AvgIpc) is 2.38. The maximum Gasteiger partial charge on any atom is 0.236 e. The Bertz CT molecular complexity index is 535. The van der Waals surface area contributed by atoms with Gasteiger partial charge in [-0.1, -0.05) is 12.1 Å². The van der Waals surface area contributed by atoms with Crippen LogP contribution in [0, 0.1) is 0 Å². The third kappa shape index (κ3) is 4.36. The molecule has 0 saturated carbocycles. The minimum absolute atomic E-state index is 0.115. The smallest absolute Gasteiger partial charge is 0.236 e. The van der Waals surface area contributed by atoms with E-state index >= 15 is 0 Å².